The average Bonchev–Trinajstić information content (AvgIpc) is 3.15. The molecule has 0 aromatic rings. The first-order valence-corrected chi connectivity index (χ1v) is 10.9. The van der Waals surface area contributed by atoms with E-state index in [1.54, 1.807) is 7.05 Å². The Bertz CT molecular complexity index is 684. The van der Waals surface area contributed by atoms with Gasteiger partial charge >= 0.3 is 0 Å². The van der Waals surface area contributed by atoms with Crippen molar-refractivity contribution in [3.63, 3.8) is 0 Å². The van der Waals surface area contributed by atoms with Crippen LogP contribution in [0.5, 0.6) is 0 Å². The number of hydrazone groups is 1. The first kappa shape index (κ1) is 30.4. The molecule has 0 saturated heterocycles. The molecule has 0 aromatic heterocycles. The number of nitrogens with one attached hydrogen (secondary N) is 3. The number of carbonyl (C=O) groups is 1. The maximum Gasteiger partial charge on any atom is 0.220 e. The van der Waals surface area contributed by atoms with Crippen LogP contribution in [-0.4, -0.2) is 25.2 Å². The molecule has 1 amide bonds. The van der Waals surface area contributed by atoms with E-state index in [9.17, 15) is 4.79 Å². The monoisotopic (exact) mass is 428 g/mol. The van der Waals surface area contributed by atoms with Gasteiger partial charge in [0.25, 0.3) is 0 Å². The number of amides is 1. The number of rotatable bonds is 11. The summed E-state index contributed by atoms with van der Waals surface area (Å²) in [6.07, 6.45) is 10.2. The van der Waals surface area contributed by atoms with Gasteiger partial charge in [-0.1, -0.05) is 71.7 Å². The lowest BCUT2D eigenvalue weighted by Gasteiger charge is -2.10. The van der Waals surface area contributed by atoms with Gasteiger partial charge in [0, 0.05) is 25.4 Å². The highest BCUT2D eigenvalue weighted by atomic mass is 16.1. The molecule has 0 aromatic carbocycles. The molecule has 0 unspecified atom stereocenters. The summed E-state index contributed by atoms with van der Waals surface area (Å²) in [5, 5.41) is 9.58. The number of likely N-dealkylation sites (N-methyl/N-ethyl adjacent to an activating group) is 1. The highest BCUT2D eigenvalue weighted by Gasteiger charge is 2.05. The van der Waals surface area contributed by atoms with Crippen LogP contribution in [0.2, 0.25) is 0 Å². The molecule has 1 aliphatic rings. The molecule has 0 spiro atoms. The van der Waals surface area contributed by atoms with E-state index in [1.807, 2.05) is 6.08 Å². The molecule has 5 heteroatoms. The molecular weight excluding hydrogens is 384 g/mol. The molecule has 1 rings (SSSR count). The Hall–Kier alpha value is -2.82. The van der Waals surface area contributed by atoms with Crippen LogP contribution in [0.1, 0.15) is 66.2 Å². The number of allylic oxidation sites excluding steroid dienone is 5. The standard InChI is InChI=1S/C11H18N2O.C8H12N2.C7H14/c1-8(10(3)12-5)6-7-9(2)13-11(4)14;1-3-4-5-8-7(2)6-9-10-8;1-4-6-7(3)5-2/h12H,1-3,6-7H2,4-5H3,(H,13,14);4-5,9H,2-3,6H2,1H3;3-6H2,1-2H3/b;5-4+;. The molecule has 0 fully saturated rings. The third kappa shape index (κ3) is 17.7. The Morgan fingerprint density at radius 3 is 2.16 bits per heavy atom. The van der Waals surface area contributed by atoms with Crippen molar-refractivity contribution in [1.82, 2.24) is 16.1 Å². The van der Waals surface area contributed by atoms with Gasteiger partial charge in [-0.05, 0) is 49.3 Å². The van der Waals surface area contributed by atoms with Gasteiger partial charge in [-0.25, -0.2) is 0 Å². The summed E-state index contributed by atoms with van der Waals surface area (Å²) >= 11 is 0. The molecule has 0 radical (unpaired) electrons. The van der Waals surface area contributed by atoms with Gasteiger partial charge in [0.05, 0.1) is 12.3 Å². The molecule has 1 aliphatic heterocycles. The minimum atomic E-state index is -0.0898. The summed E-state index contributed by atoms with van der Waals surface area (Å²) in [7, 11) is 1.80. The van der Waals surface area contributed by atoms with Crippen LogP contribution in [0, 0.1) is 0 Å². The summed E-state index contributed by atoms with van der Waals surface area (Å²) in [4.78, 5) is 10.7. The normalized spacial score (nSPS) is 11.8. The molecule has 5 nitrogen and oxygen atoms in total. The van der Waals surface area contributed by atoms with Crippen molar-refractivity contribution in [1.29, 1.82) is 0 Å². The predicted molar refractivity (Wildman–Crippen MR) is 138 cm³/mol. The lowest BCUT2D eigenvalue weighted by molar-refractivity contribution is -0.118. The topological polar surface area (TPSA) is 65.5 Å². The fourth-order valence-corrected chi connectivity index (χ4v) is 2.25. The van der Waals surface area contributed by atoms with E-state index < -0.39 is 0 Å². The van der Waals surface area contributed by atoms with Crippen LogP contribution in [0.3, 0.4) is 0 Å². The molecule has 0 bridgehead atoms. The highest BCUT2D eigenvalue weighted by Crippen LogP contribution is 2.11. The summed E-state index contributed by atoms with van der Waals surface area (Å²) in [5.41, 5.74) is 8.77. The molecule has 31 heavy (non-hydrogen) atoms. The van der Waals surface area contributed by atoms with Gasteiger partial charge < -0.3 is 16.1 Å². The Balaban J connectivity index is 0. The number of carbonyl (C=O) groups excluding carboxylic acids is 1. The average molecular weight is 429 g/mol. The molecular formula is C26H44N4O. The molecule has 3 N–H and O–H groups in total. The van der Waals surface area contributed by atoms with Gasteiger partial charge in [0.2, 0.25) is 5.91 Å². The van der Waals surface area contributed by atoms with Crippen molar-refractivity contribution < 1.29 is 4.79 Å². The van der Waals surface area contributed by atoms with E-state index in [0.29, 0.717) is 12.1 Å². The van der Waals surface area contributed by atoms with E-state index in [1.165, 1.54) is 25.3 Å². The van der Waals surface area contributed by atoms with Crippen LogP contribution in [0.25, 0.3) is 0 Å². The minimum absolute atomic E-state index is 0.0898. The van der Waals surface area contributed by atoms with Gasteiger partial charge in [-0.3, -0.25) is 4.79 Å². The van der Waals surface area contributed by atoms with Gasteiger partial charge in [0.15, 0.2) is 0 Å². The van der Waals surface area contributed by atoms with E-state index >= 15 is 0 Å². The fourth-order valence-electron chi connectivity index (χ4n) is 2.25. The lowest BCUT2D eigenvalue weighted by Crippen LogP contribution is -2.18. The Labute approximate surface area is 190 Å². The summed E-state index contributed by atoms with van der Waals surface area (Å²) in [6, 6.07) is 0. The fraction of sp³-hybridized carbons (Fsp3) is 0.462. The summed E-state index contributed by atoms with van der Waals surface area (Å²) in [5.74, 6) is -0.0898. The van der Waals surface area contributed by atoms with Gasteiger partial charge in [0.1, 0.15) is 0 Å². The van der Waals surface area contributed by atoms with Crippen molar-refractivity contribution >= 4 is 11.6 Å². The maximum atomic E-state index is 10.7. The summed E-state index contributed by atoms with van der Waals surface area (Å²) < 4.78 is 0. The van der Waals surface area contributed by atoms with Crippen LogP contribution >= 0.6 is 0 Å². The number of nitrogens with zero attached hydrogens (tertiary/aromatic N) is 1. The number of hydrogen-bond acceptors (Lipinski definition) is 4. The zero-order valence-electron chi connectivity index (χ0n) is 20.5. The molecule has 1 heterocycles. The quantitative estimate of drug-likeness (QED) is 0.282. The van der Waals surface area contributed by atoms with Crippen LogP contribution < -0.4 is 16.1 Å². The minimum Gasteiger partial charge on any atom is -0.388 e. The number of hydrogen-bond donors (Lipinski definition) is 3. The SMILES string of the molecule is C=C(CC)CCC.C=C(CCC(=C)C(=C)NC)NC(C)=O.C=C1CNN=C1/C=C/CC. The third-order valence-electron chi connectivity index (χ3n) is 4.28. The Morgan fingerprint density at radius 1 is 1.13 bits per heavy atom. The van der Waals surface area contributed by atoms with Crippen molar-refractivity contribution in [2.75, 3.05) is 13.6 Å². The molecule has 0 saturated carbocycles. The molecule has 0 atom stereocenters. The lowest BCUT2D eigenvalue weighted by atomic mass is 10.1. The summed E-state index contributed by atoms with van der Waals surface area (Å²) in [6.45, 7) is 27.8. The third-order valence-corrected chi connectivity index (χ3v) is 4.28. The Kier molecular flexibility index (Phi) is 18.8. The maximum absolute atomic E-state index is 10.7. The van der Waals surface area contributed by atoms with Crippen LogP contribution in [0.4, 0.5) is 0 Å². The van der Waals surface area contributed by atoms with Crippen LogP contribution in [-0.2, 0) is 4.79 Å². The van der Waals surface area contributed by atoms with Crippen molar-refractivity contribution in [3.8, 4) is 0 Å². The second-order valence-corrected chi connectivity index (χ2v) is 7.22. The van der Waals surface area contributed by atoms with E-state index in [0.717, 1.165) is 48.4 Å². The zero-order chi connectivity index (χ0) is 24.2. The van der Waals surface area contributed by atoms with E-state index in [2.05, 4.69) is 80.9 Å². The van der Waals surface area contributed by atoms with Crippen molar-refractivity contribution in [3.05, 3.63) is 73.2 Å². The van der Waals surface area contributed by atoms with Gasteiger partial charge in [-0.15, -0.1) is 0 Å². The smallest absolute Gasteiger partial charge is 0.220 e. The first-order chi connectivity index (χ1) is 14.6. The zero-order valence-corrected chi connectivity index (χ0v) is 20.5. The van der Waals surface area contributed by atoms with E-state index in [-0.39, 0.29) is 5.91 Å². The molecule has 0 aliphatic carbocycles. The highest BCUT2D eigenvalue weighted by molar-refractivity contribution is 6.09. The first-order valence-electron chi connectivity index (χ1n) is 10.9. The van der Waals surface area contributed by atoms with E-state index in [4.69, 9.17) is 0 Å². The van der Waals surface area contributed by atoms with Gasteiger partial charge in [-0.2, -0.15) is 5.10 Å². The second-order valence-electron chi connectivity index (χ2n) is 7.22. The largest absolute Gasteiger partial charge is 0.388 e. The van der Waals surface area contributed by atoms with Crippen molar-refractivity contribution in [2.24, 2.45) is 5.10 Å². The van der Waals surface area contributed by atoms with Crippen LogP contribution in [0.15, 0.2) is 78.3 Å². The second kappa shape index (κ2) is 19.2. The predicted octanol–water partition coefficient (Wildman–Crippen LogP) is 5.93. The Morgan fingerprint density at radius 2 is 1.77 bits per heavy atom. The molecule has 174 valence electrons. The van der Waals surface area contributed by atoms with Crippen molar-refractivity contribution in [2.45, 2.75) is 66.2 Å².